The van der Waals surface area contributed by atoms with Gasteiger partial charge in [-0.05, 0) is 32.4 Å². The molecule has 1 aromatic rings. The zero-order valence-electron chi connectivity index (χ0n) is 13.1. The molecule has 0 aliphatic carbocycles. The average Bonchev–Trinajstić information content (AvgIpc) is 2.44. The molecule has 23 heavy (non-hydrogen) atoms. The molecule has 0 aromatic heterocycles. The zero-order valence-corrected chi connectivity index (χ0v) is 13.1. The molecule has 1 unspecified atom stereocenters. The molecule has 0 amide bonds. The van der Waals surface area contributed by atoms with Crippen molar-refractivity contribution in [2.24, 2.45) is 0 Å². The Bertz CT molecular complexity index is 719. The van der Waals surface area contributed by atoms with Gasteiger partial charge in [0, 0.05) is 22.9 Å². The van der Waals surface area contributed by atoms with Gasteiger partial charge in [0.25, 0.3) is 0 Å². The minimum Gasteiger partial charge on any atom is -0.478 e. The number of hydrogen-bond acceptors (Lipinski definition) is 4. The van der Waals surface area contributed by atoms with Crippen LogP contribution in [0, 0.1) is 5.82 Å². The zero-order chi connectivity index (χ0) is 16.7. The minimum absolute atomic E-state index is 0.0995. The van der Waals surface area contributed by atoms with Crippen LogP contribution in [-0.2, 0) is 14.3 Å². The predicted molar refractivity (Wildman–Crippen MR) is 80.7 cm³/mol. The largest absolute Gasteiger partial charge is 0.478 e. The summed E-state index contributed by atoms with van der Waals surface area (Å²) in [6.45, 7) is 5.23. The van der Waals surface area contributed by atoms with Crippen molar-refractivity contribution >= 4 is 5.97 Å². The molecule has 5 nitrogen and oxygen atoms in total. The van der Waals surface area contributed by atoms with E-state index in [2.05, 4.69) is 5.32 Å². The fraction of sp³-hybridized carbons (Fsp3) is 0.353. The summed E-state index contributed by atoms with van der Waals surface area (Å²) in [6, 6.07) is 6.18. The Labute approximate surface area is 133 Å². The molecule has 3 rings (SSSR count). The third kappa shape index (κ3) is 2.64. The molecule has 2 aliphatic heterocycles. The van der Waals surface area contributed by atoms with E-state index < -0.39 is 24.0 Å². The van der Waals surface area contributed by atoms with Crippen molar-refractivity contribution in [2.75, 3.05) is 0 Å². The van der Waals surface area contributed by atoms with Gasteiger partial charge in [-0.25, -0.2) is 9.18 Å². The first-order valence-electron chi connectivity index (χ1n) is 7.37. The number of benzene rings is 1. The smallest absolute Gasteiger partial charge is 0.334 e. The lowest BCUT2D eigenvalue weighted by atomic mass is 9.79. The van der Waals surface area contributed by atoms with Gasteiger partial charge >= 0.3 is 5.97 Å². The van der Waals surface area contributed by atoms with Gasteiger partial charge in [-0.1, -0.05) is 18.2 Å². The average molecular weight is 319 g/mol. The number of halogens is 1. The Morgan fingerprint density at radius 1 is 1.22 bits per heavy atom. The standard InChI is InChI=1S/C17H18FNO4/c1-8-13(16(20)21)15(11-6-4-5-7-12(11)18)14(9(2)19-8)17-22-10(3)23-17/h4-7,10,15,17,19H,1-3H3,(H,20,21). The van der Waals surface area contributed by atoms with Crippen molar-refractivity contribution in [1.29, 1.82) is 0 Å². The Kier molecular flexibility index (Phi) is 3.95. The molecule has 0 saturated carbocycles. The maximum absolute atomic E-state index is 14.4. The van der Waals surface area contributed by atoms with E-state index in [1.54, 1.807) is 39.0 Å². The Balaban J connectivity index is 2.15. The summed E-state index contributed by atoms with van der Waals surface area (Å²) in [5, 5.41) is 12.7. The van der Waals surface area contributed by atoms with Crippen LogP contribution in [0.5, 0.6) is 0 Å². The van der Waals surface area contributed by atoms with Crippen molar-refractivity contribution in [3.63, 3.8) is 0 Å². The lowest BCUT2D eigenvalue weighted by Crippen LogP contribution is -2.44. The van der Waals surface area contributed by atoms with E-state index in [0.29, 0.717) is 16.8 Å². The number of dihydropyridines is 1. The molecule has 1 aromatic carbocycles. The summed E-state index contributed by atoms with van der Waals surface area (Å²) in [4.78, 5) is 11.8. The summed E-state index contributed by atoms with van der Waals surface area (Å²) in [5.41, 5.74) is 2.20. The van der Waals surface area contributed by atoms with E-state index in [0.717, 1.165) is 5.70 Å². The highest BCUT2D eigenvalue weighted by Gasteiger charge is 2.42. The molecule has 2 aliphatic rings. The number of rotatable bonds is 3. The van der Waals surface area contributed by atoms with Gasteiger partial charge in [-0.3, -0.25) is 0 Å². The van der Waals surface area contributed by atoms with E-state index in [1.165, 1.54) is 6.07 Å². The first-order chi connectivity index (χ1) is 10.9. The number of aliphatic carboxylic acids is 1. The molecule has 122 valence electrons. The summed E-state index contributed by atoms with van der Waals surface area (Å²) in [6.07, 6.45) is -1.04. The molecule has 0 radical (unpaired) electrons. The van der Waals surface area contributed by atoms with Gasteiger partial charge in [0.15, 0.2) is 12.6 Å². The Morgan fingerprint density at radius 3 is 2.43 bits per heavy atom. The number of carboxylic acid groups (broad SMARTS) is 1. The van der Waals surface area contributed by atoms with Crippen LogP contribution in [-0.4, -0.2) is 23.7 Å². The van der Waals surface area contributed by atoms with Crippen molar-refractivity contribution in [3.8, 4) is 0 Å². The van der Waals surface area contributed by atoms with Crippen molar-refractivity contribution < 1.29 is 23.8 Å². The fourth-order valence-corrected chi connectivity index (χ4v) is 3.14. The van der Waals surface area contributed by atoms with Crippen LogP contribution in [0.1, 0.15) is 32.3 Å². The van der Waals surface area contributed by atoms with Crippen LogP contribution in [0.15, 0.2) is 46.8 Å². The predicted octanol–water partition coefficient (Wildman–Crippen LogP) is 2.86. The SMILES string of the molecule is CC1=C(C(=O)O)C(c2ccccc2F)C(C2OC(C)O2)=C(C)N1. The van der Waals surface area contributed by atoms with Crippen LogP contribution in [0.4, 0.5) is 4.39 Å². The fourth-order valence-electron chi connectivity index (χ4n) is 3.14. The van der Waals surface area contributed by atoms with E-state index in [-0.39, 0.29) is 11.9 Å². The van der Waals surface area contributed by atoms with Crippen molar-refractivity contribution in [3.05, 3.63) is 58.2 Å². The van der Waals surface area contributed by atoms with Crippen molar-refractivity contribution in [2.45, 2.75) is 39.3 Å². The number of allylic oxidation sites excluding steroid dienone is 2. The molecular weight excluding hydrogens is 301 g/mol. The van der Waals surface area contributed by atoms with Crippen LogP contribution >= 0.6 is 0 Å². The van der Waals surface area contributed by atoms with Gasteiger partial charge in [0.2, 0.25) is 0 Å². The van der Waals surface area contributed by atoms with E-state index in [9.17, 15) is 14.3 Å². The monoisotopic (exact) mass is 319 g/mol. The quantitative estimate of drug-likeness (QED) is 0.897. The maximum atomic E-state index is 14.4. The highest BCUT2D eigenvalue weighted by molar-refractivity contribution is 5.91. The molecule has 6 heteroatoms. The van der Waals surface area contributed by atoms with Crippen LogP contribution in [0.2, 0.25) is 0 Å². The second-order valence-corrected chi connectivity index (χ2v) is 5.68. The van der Waals surface area contributed by atoms with Crippen LogP contribution in [0.3, 0.4) is 0 Å². The van der Waals surface area contributed by atoms with Crippen molar-refractivity contribution in [1.82, 2.24) is 5.32 Å². The topological polar surface area (TPSA) is 67.8 Å². The van der Waals surface area contributed by atoms with Gasteiger partial charge in [-0.2, -0.15) is 0 Å². The second-order valence-electron chi connectivity index (χ2n) is 5.68. The number of carboxylic acids is 1. The van der Waals surface area contributed by atoms with Crippen LogP contribution in [0.25, 0.3) is 0 Å². The first kappa shape index (κ1) is 15.7. The lowest BCUT2D eigenvalue weighted by Gasteiger charge is -2.41. The molecule has 1 fully saturated rings. The summed E-state index contributed by atoms with van der Waals surface area (Å²) >= 11 is 0. The molecular formula is C17H18FNO4. The maximum Gasteiger partial charge on any atom is 0.334 e. The van der Waals surface area contributed by atoms with E-state index in [1.807, 2.05) is 0 Å². The van der Waals surface area contributed by atoms with E-state index >= 15 is 0 Å². The highest BCUT2D eigenvalue weighted by atomic mass is 19.1. The number of nitrogens with one attached hydrogen (secondary N) is 1. The van der Waals surface area contributed by atoms with Gasteiger partial charge in [0.1, 0.15) is 5.82 Å². The number of ether oxygens (including phenoxy) is 2. The highest BCUT2D eigenvalue weighted by Crippen LogP contribution is 2.43. The summed E-state index contributed by atoms with van der Waals surface area (Å²) < 4.78 is 25.5. The molecule has 0 spiro atoms. The lowest BCUT2D eigenvalue weighted by molar-refractivity contribution is -0.360. The third-order valence-corrected chi connectivity index (χ3v) is 4.14. The molecule has 2 heterocycles. The normalized spacial score (nSPS) is 27.6. The number of carbonyl (C=O) groups is 1. The minimum atomic E-state index is -1.10. The van der Waals surface area contributed by atoms with E-state index in [4.69, 9.17) is 9.47 Å². The Hall–Kier alpha value is -2.18. The van der Waals surface area contributed by atoms with Crippen LogP contribution < -0.4 is 5.32 Å². The first-order valence-corrected chi connectivity index (χ1v) is 7.37. The molecule has 0 bridgehead atoms. The summed E-state index contributed by atoms with van der Waals surface area (Å²) in [5.74, 6) is -2.31. The molecule has 1 atom stereocenters. The van der Waals surface area contributed by atoms with Gasteiger partial charge in [-0.15, -0.1) is 0 Å². The van der Waals surface area contributed by atoms with Gasteiger partial charge in [0.05, 0.1) is 5.57 Å². The van der Waals surface area contributed by atoms with Gasteiger partial charge < -0.3 is 19.9 Å². The molecule has 2 N–H and O–H groups in total. The molecule has 1 saturated heterocycles. The third-order valence-electron chi connectivity index (χ3n) is 4.14. The Morgan fingerprint density at radius 2 is 1.87 bits per heavy atom. The number of hydrogen-bond donors (Lipinski definition) is 2. The second kappa shape index (κ2) is 5.79. The summed E-state index contributed by atoms with van der Waals surface area (Å²) in [7, 11) is 0.